The van der Waals surface area contributed by atoms with Crippen molar-refractivity contribution >= 4 is 22.4 Å². The molecule has 0 bridgehead atoms. The maximum atomic E-state index is 13.4. The van der Waals surface area contributed by atoms with Crippen molar-refractivity contribution in [1.29, 1.82) is 0 Å². The molecule has 0 unspecified atom stereocenters. The highest BCUT2D eigenvalue weighted by Gasteiger charge is 2.33. The summed E-state index contributed by atoms with van der Waals surface area (Å²) < 4.78 is 42.2. The monoisotopic (exact) mass is 483 g/mol. The summed E-state index contributed by atoms with van der Waals surface area (Å²) in [5.74, 6) is 0.756. The Morgan fingerprint density at radius 3 is 2.60 bits per heavy atom. The van der Waals surface area contributed by atoms with Crippen LogP contribution in [0.5, 0.6) is 0 Å². The van der Waals surface area contributed by atoms with Crippen LogP contribution in [0.25, 0.3) is 16.5 Å². The highest BCUT2D eigenvalue weighted by Crippen LogP contribution is 2.35. The van der Waals surface area contributed by atoms with Gasteiger partial charge in [0.15, 0.2) is 5.49 Å². The summed E-state index contributed by atoms with van der Waals surface area (Å²) >= 11 is 0. The molecule has 0 saturated heterocycles. The molecule has 0 N–H and O–H groups in total. The SMILES string of the molecule is CC(=O)N1CC=C(c2cc3/c(=N/[C@H](C)c4cccc(C(F)(F)F)c4C)nc(C)n(C)c3cn2)CC1. The summed E-state index contributed by atoms with van der Waals surface area (Å²) in [6.07, 6.45) is 0.0484. The van der Waals surface area contributed by atoms with Gasteiger partial charge in [-0.25, -0.2) is 4.98 Å². The van der Waals surface area contributed by atoms with Gasteiger partial charge in [-0.2, -0.15) is 13.2 Å². The number of halogens is 3. The van der Waals surface area contributed by atoms with Crippen LogP contribution in [-0.2, 0) is 18.0 Å². The quantitative estimate of drug-likeness (QED) is 0.532. The van der Waals surface area contributed by atoms with Gasteiger partial charge in [-0.05, 0) is 56.0 Å². The predicted molar refractivity (Wildman–Crippen MR) is 128 cm³/mol. The second-order valence-electron chi connectivity index (χ2n) is 8.90. The van der Waals surface area contributed by atoms with Crippen molar-refractivity contribution in [2.45, 2.75) is 46.3 Å². The van der Waals surface area contributed by atoms with Gasteiger partial charge in [0.2, 0.25) is 5.91 Å². The van der Waals surface area contributed by atoms with Crippen LogP contribution < -0.4 is 5.49 Å². The number of fused-ring (bicyclic) bond motifs is 1. The minimum atomic E-state index is -4.42. The van der Waals surface area contributed by atoms with Gasteiger partial charge >= 0.3 is 6.18 Å². The molecule has 6 nitrogen and oxygen atoms in total. The minimum Gasteiger partial charge on any atom is -0.339 e. The third-order valence-corrected chi connectivity index (χ3v) is 6.67. The minimum absolute atomic E-state index is 0.0402. The molecule has 2 aromatic heterocycles. The fraction of sp³-hybridized carbons (Fsp3) is 0.385. The van der Waals surface area contributed by atoms with E-state index < -0.39 is 17.8 Å². The molecule has 184 valence electrons. The zero-order valence-corrected chi connectivity index (χ0v) is 20.4. The van der Waals surface area contributed by atoms with Gasteiger partial charge in [0.05, 0.1) is 29.0 Å². The summed E-state index contributed by atoms with van der Waals surface area (Å²) in [6.45, 7) is 7.83. The lowest BCUT2D eigenvalue weighted by Crippen LogP contribution is -2.32. The van der Waals surface area contributed by atoms with E-state index in [0.717, 1.165) is 28.2 Å². The van der Waals surface area contributed by atoms with E-state index in [4.69, 9.17) is 4.99 Å². The second-order valence-corrected chi connectivity index (χ2v) is 8.90. The van der Waals surface area contributed by atoms with Crippen LogP contribution in [-0.4, -0.2) is 38.4 Å². The number of hydrogen-bond donors (Lipinski definition) is 0. The Morgan fingerprint density at radius 1 is 1.23 bits per heavy atom. The van der Waals surface area contributed by atoms with Crippen molar-refractivity contribution < 1.29 is 18.0 Å². The van der Waals surface area contributed by atoms with E-state index >= 15 is 0 Å². The first kappa shape index (κ1) is 24.6. The fourth-order valence-electron chi connectivity index (χ4n) is 4.49. The van der Waals surface area contributed by atoms with E-state index in [1.54, 1.807) is 31.0 Å². The third kappa shape index (κ3) is 4.85. The average Bonchev–Trinajstić information content (AvgIpc) is 2.81. The van der Waals surface area contributed by atoms with Crippen LogP contribution in [0.3, 0.4) is 0 Å². The number of amides is 1. The van der Waals surface area contributed by atoms with Gasteiger partial charge in [0.25, 0.3) is 0 Å². The van der Waals surface area contributed by atoms with Crippen molar-refractivity contribution in [3.05, 3.63) is 70.2 Å². The van der Waals surface area contributed by atoms with E-state index in [1.807, 2.05) is 30.7 Å². The Bertz CT molecular complexity index is 1400. The molecule has 4 rings (SSSR count). The third-order valence-electron chi connectivity index (χ3n) is 6.67. The lowest BCUT2D eigenvalue weighted by molar-refractivity contribution is -0.138. The fourth-order valence-corrected chi connectivity index (χ4v) is 4.49. The Labute approximate surface area is 201 Å². The molecule has 35 heavy (non-hydrogen) atoms. The Kier molecular flexibility index (Phi) is 6.53. The number of benzene rings is 1. The molecule has 0 aliphatic carbocycles. The van der Waals surface area contributed by atoms with E-state index in [9.17, 15) is 18.0 Å². The van der Waals surface area contributed by atoms with Crippen molar-refractivity contribution in [2.75, 3.05) is 13.1 Å². The van der Waals surface area contributed by atoms with Crippen molar-refractivity contribution in [1.82, 2.24) is 19.4 Å². The van der Waals surface area contributed by atoms with E-state index in [-0.39, 0.29) is 11.5 Å². The predicted octanol–water partition coefficient (Wildman–Crippen LogP) is 4.90. The second kappa shape index (κ2) is 9.28. The molecule has 3 aromatic rings. The largest absolute Gasteiger partial charge is 0.416 e. The highest BCUT2D eigenvalue weighted by molar-refractivity contribution is 5.82. The number of nitrogens with zero attached hydrogens (tertiary/aromatic N) is 5. The van der Waals surface area contributed by atoms with Gasteiger partial charge < -0.3 is 9.47 Å². The molecule has 1 atom stereocenters. The lowest BCUT2D eigenvalue weighted by Gasteiger charge is -2.25. The number of hydrogen-bond acceptors (Lipinski definition) is 4. The maximum absolute atomic E-state index is 13.4. The standard InChI is InChI=1S/C26H28F3N5O/c1-15-20(7-6-8-22(15)26(27,28)29)16(2)31-25-21-13-23(19-9-11-34(12-10-19)18(4)35)30-14-24(21)33(5)17(3)32-25/h6-9,13-14,16H,10-12H2,1-5H3/b31-25-/t16-/m1/s1. The van der Waals surface area contributed by atoms with Crippen LogP contribution >= 0.6 is 0 Å². The average molecular weight is 484 g/mol. The molecule has 1 aromatic carbocycles. The molecular weight excluding hydrogens is 455 g/mol. The van der Waals surface area contributed by atoms with Gasteiger partial charge in [0, 0.05) is 32.4 Å². The summed E-state index contributed by atoms with van der Waals surface area (Å²) in [4.78, 5) is 27.5. The molecule has 1 aliphatic rings. The van der Waals surface area contributed by atoms with Crippen molar-refractivity contribution in [3.8, 4) is 0 Å². The number of aryl methyl sites for hydroxylation is 2. The summed E-state index contributed by atoms with van der Waals surface area (Å²) in [5, 5.41) is 0.773. The first-order valence-electron chi connectivity index (χ1n) is 11.5. The van der Waals surface area contributed by atoms with E-state index in [0.29, 0.717) is 36.4 Å². The van der Waals surface area contributed by atoms with E-state index in [2.05, 4.69) is 9.97 Å². The van der Waals surface area contributed by atoms with Gasteiger partial charge in [-0.3, -0.25) is 14.8 Å². The molecular formula is C26H28F3N5O. The normalized spacial score (nSPS) is 15.9. The van der Waals surface area contributed by atoms with E-state index in [1.165, 1.54) is 13.0 Å². The Balaban J connectivity index is 1.83. The van der Waals surface area contributed by atoms with Gasteiger partial charge in [-0.1, -0.05) is 18.2 Å². The first-order chi connectivity index (χ1) is 16.5. The molecule has 0 saturated carbocycles. The number of rotatable bonds is 3. The van der Waals surface area contributed by atoms with Crippen LogP contribution in [0.1, 0.15) is 54.5 Å². The summed E-state index contributed by atoms with van der Waals surface area (Å²) in [7, 11) is 1.89. The smallest absolute Gasteiger partial charge is 0.339 e. The van der Waals surface area contributed by atoms with Crippen molar-refractivity contribution in [3.63, 3.8) is 0 Å². The molecule has 0 radical (unpaired) electrons. The summed E-state index contributed by atoms with van der Waals surface area (Å²) in [5.41, 5.74) is 3.14. The molecule has 0 fully saturated rings. The zero-order chi connectivity index (χ0) is 25.5. The van der Waals surface area contributed by atoms with Crippen LogP contribution in [0.15, 0.2) is 41.5 Å². The lowest BCUT2D eigenvalue weighted by atomic mass is 9.97. The Hall–Kier alpha value is -3.49. The number of alkyl halides is 3. The molecule has 1 aliphatic heterocycles. The van der Waals surface area contributed by atoms with Crippen LogP contribution in [0.4, 0.5) is 13.2 Å². The molecule has 3 heterocycles. The number of pyridine rings is 1. The zero-order valence-electron chi connectivity index (χ0n) is 20.4. The number of carbonyl (C=O) groups is 1. The van der Waals surface area contributed by atoms with Gasteiger partial charge in [0.1, 0.15) is 5.82 Å². The number of aromatic nitrogens is 3. The summed E-state index contributed by atoms with van der Waals surface area (Å²) in [6, 6.07) is 5.59. The van der Waals surface area contributed by atoms with Crippen LogP contribution in [0, 0.1) is 13.8 Å². The van der Waals surface area contributed by atoms with Crippen LogP contribution in [0.2, 0.25) is 0 Å². The topological polar surface area (TPSA) is 63.4 Å². The maximum Gasteiger partial charge on any atom is 0.416 e. The first-order valence-corrected chi connectivity index (χ1v) is 11.5. The highest BCUT2D eigenvalue weighted by atomic mass is 19.4. The molecule has 9 heteroatoms. The number of carbonyl (C=O) groups excluding carboxylic acids is 1. The Morgan fingerprint density at radius 2 is 1.97 bits per heavy atom. The molecule has 0 spiro atoms. The van der Waals surface area contributed by atoms with Crippen molar-refractivity contribution in [2.24, 2.45) is 12.0 Å². The van der Waals surface area contributed by atoms with Gasteiger partial charge in [-0.15, -0.1) is 0 Å². The molecule has 1 amide bonds.